The molecular weight excluding hydrogens is 237 g/mol. The molecule has 0 saturated carbocycles. The summed E-state index contributed by atoms with van der Waals surface area (Å²) in [5.41, 5.74) is -0.155. The molecule has 0 amide bonds. The van der Waals surface area contributed by atoms with E-state index in [4.69, 9.17) is 4.74 Å². The molecular formula is C11H11F3O3. The van der Waals surface area contributed by atoms with Crippen molar-refractivity contribution in [2.45, 2.75) is 31.6 Å². The SMILES string of the molecule is CC1(C)OOC(c2ccccc2)(C(F)(F)F)O1. The van der Waals surface area contributed by atoms with E-state index in [-0.39, 0.29) is 5.56 Å². The van der Waals surface area contributed by atoms with Gasteiger partial charge < -0.3 is 4.74 Å². The van der Waals surface area contributed by atoms with Gasteiger partial charge in [0.25, 0.3) is 0 Å². The highest BCUT2D eigenvalue weighted by Crippen LogP contribution is 2.50. The minimum Gasteiger partial charge on any atom is -0.302 e. The van der Waals surface area contributed by atoms with Crippen molar-refractivity contribution in [3.05, 3.63) is 35.9 Å². The Labute approximate surface area is 96.0 Å². The predicted molar refractivity (Wildman–Crippen MR) is 51.5 cm³/mol. The molecule has 0 bridgehead atoms. The number of alkyl halides is 3. The molecule has 1 saturated heterocycles. The van der Waals surface area contributed by atoms with Gasteiger partial charge in [0.2, 0.25) is 0 Å². The highest BCUT2D eigenvalue weighted by molar-refractivity contribution is 5.22. The Bertz CT molecular complexity index is 402. The van der Waals surface area contributed by atoms with Gasteiger partial charge in [0.15, 0.2) is 5.79 Å². The highest BCUT2D eigenvalue weighted by atomic mass is 19.4. The molecule has 94 valence electrons. The van der Waals surface area contributed by atoms with Gasteiger partial charge in [-0.2, -0.15) is 22.9 Å². The zero-order chi connectivity index (χ0) is 12.7. The lowest BCUT2D eigenvalue weighted by Crippen LogP contribution is -2.44. The molecule has 1 unspecified atom stereocenters. The van der Waals surface area contributed by atoms with Gasteiger partial charge in [-0.3, -0.25) is 0 Å². The van der Waals surface area contributed by atoms with Crippen molar-refractivity contribution in [2.75, 3.05) is 0 Å². The summed E-state index contributed by atoms with van der Waals surface area (Å²) in [7, 11) is 0. The summed E-state index contributed by atoms with van der Waals surface area (Å²) in [6, 6.07) is 7.10. The first-order valence-electron chi connectivity index (χ1n) is 4.96. The summed E-state index contributed by atoms with van der Waals surface area (Å²) in [5.74, 6) is -4.32. The second-order valence-corrected chi connectivity index (χ2v) is 4.15. The predicted octanol–water partition coefficient (Wildman–Crippen LogP) is 3.12. The third-order valence-corrected chi connectivity index (χ3v) is 2.28. The van der Waals surface area contributed by atoms with E-state index in [9.17, 15) is 13.2 Å². The van der Waals surface area contributed by atoms with E-state index in [1.165, 1.54) is 38.1 Å². The molecule has 0 radical (unpaired) electrons. The van der Waals surface area contributed by atoms with E-state index in [1.807, 2.05) is 0 Å². The van der Waals surface area contributed by atoms with Crippen LogP contribution < -0.4 is 0 Å². The van der Waals surface area contributed by atoms with Gasteiger partial charge >= 0.3 is 12.0 Å². The zero-order valence-electron chi connectivity index (χ0n) is 9.25. The Balaban J connectivity index is 2.48. The Morgan fingerprint density at radius 1 is 1.00 bits per heavy atom. The fourth-order valence-corrected chi connectivity index (χ4v) is 1.57. The largest absolute Gasteiger partial charge is 0.451 e. The van der Waals surface area contributed by atoms with Crippen LogP contribution in [0.4, 0.5) is 13.2 Å². The lowest BCUT2D eigenvalue weighted by atomic mass is 10.1. The molecule has 0 aromatic heterocycles. The molecule has 1 heterocycles. The lowest BCUT2D eigenvalue weighted by Gasteiger charge is -2.28. The van der Waals surface area contributed by atoms with Gasteiger partial charge in [-0.15, -0.1) is 0 Å². The number of halogens is 3. The number of hydrogen-bond donors (Lipinski definition) is 0. The molecule has 1 atom stereocenters. The first-order chi connectivity index (χ1) is 7.77. The summed E-state index contributed by atoms with van der Waals surface area (Å²) in [6.07, 6.45) is -4.73. The molecule has 1 aliphatic rings. The van der Waals surface area contributed by atoms with Gasteiger partial charge in [0, 0.05) is 5.56 Å². The van der Waals surface area contributed by atoms with Gasteiger partial charge in [-0.05, 0) is 13.8 Å². The second-order valence-electron chi connectivity index (χ2n) is 4.15. The van der Waals surface area contributed by atoms with Crippen LogP contribution in [0.25, 0.3) is 0 Å². The van der Waals surface area contributed by atoms with Crippen LogP contribution in [0.1, 0.15) is 19.4 Å². The molecule has 0 spiro atoms. The van der Waals surface area contributed by atoms with Gasteiger partial charge in [0.05, 0.1) is 0 Å². The third kappa shape index (κ3) is 2.03. The van der Waals surface area contributed by atoms with Crippen LogP contribution in [0.2, 0.25) is 0 Å². The van der Waals surface area contributed by atoms with E-state index < -0.39 is 17.8 Å². The smallest absolute Gasteiger partial charge is 0.302 e. The van der Waals surface area contributed by atoms with Crippen molar-refractivity contribution >= 4 is 0 Å². The van der Waals surface area contributed by atoms with Gasteiger partial charge in [-0.25, -0.2) is 0 Å². The van der Waals surface area contributed by atoms with Crippen molar-refractivity contribution in [3.63, 3.8) is 0 Å². The number of rotatable bonds is 1. The van der Waals surface area contributed by atoms with E-state index in [0.717, 1.165) is 0 Å². The fraction of sp³-hybridized carbons (Fsp3) is 0.455. The minimum atomic E-state index is -4.73. The van der Waals surface area contributed by atoms with Crippen molar-refractivity contribution in [3.8, 4) is 0 Å². The van der Waals surface area contributed by atoms with E-state index in [1.54, 1.807) is 6.07 Å². The summed E-state index contributed by atoms with van der Waals surface area (Å²) in [6.45, 7) is 2.70. The molecule has 6 heteroatoms. The topological polar surface area (TPSA) is 27.7 Å². The van der Waals surface area contributed by atoms with E-state index in [0.29, 0.717) is 0 Å². The first kappa shape index (κ1) is 12.3. The van der Waals surface area contributed by atoms with Crippen LogP contribution in [-0.4, -0.2) is 12.0 Å². The lowest BCUT2D eigenvalue weighted by molar-refractivity contribution is -0.420. The van der Waals surface area contributed by atoms with Crippen LogP contribution in [-0.2, 0) is 20.3 Å². The molecule has 1 fully saturated rings. The van der Waals surface area contributed by atoms with Gasteiger partial charge in [-0.1, -0.05) is 30.3 Å². The molecule has 0 N–H and O–H groups in total. The Hall–Kier alpha value is -1.11. The molecule has 2 rings (SSSR count). The van der Waals surface area contributed by atoms with Crippen LogP contribution in [0.5, 0.6) is 0 Å². The van der Waals surface area contributed by atoms with Gasteiger partial charge in [0.1, 0.15) is 0 Å². The molecule has 1 aliphatic heterocycles. The van der Waals surface area contributed by atoms with E-state index in [2.05, 4.69) is 9.78 Å². The standard InChI is InChI=1S/C11H11F3O3/c1-9(2)15-10(17-16-9,11(12,13)14)8-6-4-3-5-7-8/h3-7H,1-2H3. The maximum absolute atomic E-state index is 13.1. The van der Waals surface area contributed by atoms with Crippen molar-refractivity contribution in [2.24, 2.45) is 0 Å². The Kier molecular flexibility index (Phi) is 2.68. The second kappa shape index (κ2) is 3.69. The van der Waals surface area contributed by atoms with Crippen LogP contribution in [0.3, 0.4) is 0 Å². The summed E-state index contributed by atoms with van der Waals surface area (Å²) in [4.78, 5) is 9.05. The molecule has 1 aromatic carbocycles. The average molecular weight is 248 g/mol. The van der Waals surface area contributed by atoms with Crippen LogP contribution in [0, 0.1) is 0 Å². The van der Waals surface area contributed by atoms with Crippen molar-refractivity contribution in [1.29, 1.82) is 0 Å². The summed E-state index contributed by atoms with van der Waals surface area (Å²) < 4.78 is 44.3. The molecule has 3 nitrogen and oxygen atoms in total. The molecule has 0 aliphatic carbocycles. The fourth-order valence-electron chi connectivity index (χ4n) is 1.57. The minimum absolute atomic E-state index is 0.155. The third-order valence-electron chi connectivity index (χ3n) is 2.28. The summed E-state index contributed by atoms with van der Waals surface area (Å²) >= 11 is 0. The monoisotopic (exact) mass is 248 g/mol. The number of ether oxygens (including phenoxy) is 1. The molecule has 17 heavy (non-hydrogen) atoms. The van der Waals surface area contributed by atoms with Crippen LogP contribution >= 0.6 is 0 Å². The van der Waals surface area contributed by atoms with Crippen LogP contribution in [0.15, 0.2) is 30.3 Å². The highest BCUT2D eigenvalue weighted by Gasteiger charge is 2.66. The number of benzene rings is 1. The first-order valence-corrected chi connectivity index (χ1v) is 4.96. The quantitative estimate of drug-likeness (QED) is 0.715. The number of hydrogen-bond acceptors (Lipinski definition) is 3. The van der Waals surface area contributed by atoms with E-state index >= 15 is 0 Å². The van der Waals surface area contributed by atoms with Crippen molar-refractivity contribution < 1.29 is 27.7 Å². The normalized spacial score (nSPS) is 28.3. The van der Waals surface area contributed by atoms with Crippen molar-refractivity contribution in [1.82, 2.24) is 0 Å². The summed E-state index contributed by atoms with van der Waals surface area (Å²) in [5, 5.41) is 0. The Morgan fingerprint density at radius 2 is 1.59 bits per heavy atom. The molecule has 1 aromatic rings. The Morgan fingerprint density at radius 3 is 2.00 bits per heavy atom. The maximum atomic E-state index is 13.1. The maximum Gasteiger partial charge on any atom is 0.451 e. The average Bonchev–Trinajstić information content (AvgIpc) is 2.57. The zero-order valence-corrected chi connectivity index (χ0v) is 9.25.